The Morgan fingerprint density at radius 1 is 0.936 bits per heavy atom. The van der Waals surface area contributed by atoms with E-state index in [1.54, 1.807) is 45.9 Å². The van der Waals surface area contributed by atoms with Gasteiger partial charge in [0.2, 0.25) is 17.7 Å². The third-order valence-corrected chi connectivity index (χ3v) is 8.84. The zero-order chi connectivity index (χ0) is 33.3. The van der Waals surface area contributed by atoms with Crippen LogP contribution in [0.3, 0.4) is 0 Å². The lowest BCUT2D eigenvalue weighted by atomic mass is 9.93. The zero-order valence-corrected chi connectivity index (χ0v) is 27.1. The maximum Gasteiger partial charge on any atom is 0.319 e. The standard InChI is InChI=1S/C32H44N8O7/c1-36(18-19-46-2)32(45)38-16-14-37(15-17-38)27(41)21-33-30(43)25-20-29(40(35-25)24-10-4-3-5-11-24)47-22-28(42)39-13-7-12-26(39)31(44)34-23-8-6-9-23/h3-5,10-11,20,23,26H,6-9,12-19,21-22H2,1-2H3,(H,33,43)(H,34,44)/t26-/m0/s1. The average Bonchev–Trinajstić information content (AvgIpc) is 3.75. The lowest BCUT2D eigenvalue weighted by Gasteiger charge is -2.36. The van der Waals surface area contributed by atoms with E-state index >= 15 is 0 Å². The van der Waals surface area contributed by atoms with Crippen LogP contribution in [0.15, 0.2) is 36.4 Å². The van der Waals surface area contributed by atoms with Crippen LogP contribution in [0.25, 0.3) is 5.69 Å². The summed E-state index contributed by atoms with van der Waals surface area (Å²) in [7, 11) is 3.29. The highest BCUT2D eigenvalue weighted by Gasteiger charge is 2.36. The number of nitrogens with one attached hydrogen (secondary N) is 2. The molecule has 3 fully saturated rings. The minimum Gasteiger partial charge on any atom is -0.467 e. The van der Waals surface area contributed by atoms with Gasteiger partial charge in [-0.3, -0.25) is 19.2 Å². The molecule has 1 aromatic heterocycles. The van der Waals surface area contributed by atoms with Crippen LogP contribution in [-0.4, -0.2) is 144 Å². The second-order valence-corrected chi connectivity index (χ2v) is 12.0. The van der Waals surface area contributed by atoms with Crippen molar-refractivity contribution >= 4 is 29.7 Å². The summed E-state index contributed by atoms with van der Waals surface area (Å²) in [6, 6.07) is 10.0. The van der Waals surface area contributed by atoms with Gasteiger partial charge >= 0.3 is 6.03 Å². The van der Waals surface area contributed by atoms with Crippen molar-refractivity contribution in [1.29, 1.82) is 0 Å². The molecule has 0 unspecified atom stereocenters. The van der Waals surface area contributed by atoms with Gasteiger partial charge in [-0.05, 0) is 44.2 Å². The molecule has 5 rings (SSSR count). The average molecular weight is 653 g/mol. The van der Waals surface area contributed by atoms with Crippen molar-refractivity contribution in [2.24, 2.45) is 0 Å². The lowest BCUT2D eigenvalue weighted by Crippen LogP contribution is -2.55. The van der Waals surface area contributed by atoms with Crippen molar-refractivity contribution in [2.75, 3.05) is 73.2 Å². The molecule has 2 aromatic rings. The Bertz CT molecular complexity index is 1420. The first-order valence-electron chi connectivity index (χ1n) is 16.2. The molecule has 3 aliphatic rings. The molecule has 2 saturated heterocycles. The predicted molar refractivity (Wildman–Crippen MR) is 170 cm³/mol. The number of piperazine rings is 1. The summed E-state index contributed by atoms with van der Waals surface area (Å²) in [5.74, 6) is -1.12. The molecule has 3 heterocycles. The van der Waals surface area contributed by atoms with Crippen LogP contribution >= 0.6 is 0 Å². The molecule has 2 aliphatic heterocycles. The fraction of sp³-hybridized carbons (Fsp3) is 0.562. The number of likely N-dealkylation sites (tertiary alicyclic amines) is 1. The smallest absolute Gasteiger partial charge is 0.319 e. The van der Waals surface area contributed by atoms with E-state index in [1.807, 2.05) is 18.2 Å². The van der Waals surface area contributed by atoms with Gasteiger partial charge in [0, 0.05) is 65.5 Å². The third-order valence-electron chi connectivity index (χ3n) is 8.84. The van der Waals surface area contributed by atoms with Gasteiger partial charge in [0.25, 0.3) is 11.8 Å². The Morgan fingerprint density at radius 2 is 1.66 bits per heavy atom. The summed E-state index contributed by atoms with van der Waals surface area (Å²) in [4.78, 5) is 71.1. The van der Waals surface area contributed by atoms with Crippen molar-refractivity contribution in [3.8, 4) is 11.6 Å². The molecule has 0 radical (unpaired) electrons. The number of rotatable bonds is 12. The van der Waals surface area contributed by atoms with E-state index in [9.17, 15) is 24.0 Å². The first-order chi connectivity index (χ1) is 22.7. The van der Waals surface area contributed by atoms with Crippen LogP contribution in [-0.2, 0) is 19.1 Å². The van der Waals surface area contributed by atoms with E-state index in [1.165, 1.54) is 10.7 Å². The number of urea groups is 1. The van der Waals surface area contributed by atoms with E-state index in [2.05, 4.69) is 15.7 Å². The molecule has 15 nitrogen and oxygen atoms in total. The van der Waals surface area contributed by atoms with Gasteiger partial charge in [-0.2, -0.15) is 5.10 Å². The summed E-state index contributed by atoms with van der Waals surface area (Å²) >= 11 is 0. The molecule has 47 heavy (non-hydrogen) atoms. The second-order valence-electron chi connectivity index (χ2n) is 12.0. The Labute approximate surface area is 274 Å². The molecule has 1 aromatic carbocycles. The highest BCUT2D eigenvalue weighted by atomic mass is 16.5. The monoisotopic (exact) mass is 652 g/mol. The van der Waals surface area contributed by atoms with Gasteiger partial charge in [-0.25, -0.2) is 9.48 Å². The number of carbonyl (C=O) groups excluding carboxylic acids is 5. The SMILES string of the molecule is COCCN(C)C(=O)N1CCN(C(=O)CNC(=O)c2cc(OCC(=O)N3CCC[C@H]3C(=O)NC3CCC3)n(-c3ccccc3)n2)CC1. The number of carbonyl (C=O) groups is 5. The van der Waals surface area contributed by atoms with Gasteiger partial charge in [0.05, 0.1) is 18.8 Å². The number of hydrogen-bond donors (Lipinski definition) is 2. The predicted octanol–water partition coefficient (Wildman–Crippen LogP) is 0.483. The summed E-state index contributed by atoms with van der Waals surface area (Å²) < 4.78 is 12.4. The maximum absolute atomic E-state index is 13.2. The Kier molecular flexibility index (Phi) is 11.3. The minimum absolute atomic E-state index is 0.0116. The number of hydrogen-bond acceptors (Lipinski definition) is 8. The van der Waals surface area contributed by atoms with Gasteiger partial charge in [0.1, 0.15) is 6.04 Å². The van der Waals surface area contributed by atoms with E-state index in [-0.39, 0.29) is 54.5 Å². The number of para-hydroxylation sites is 1. The minimum atomic E-state index is -0.579. The van der Waals surface area contributed by atoms with E-state index in [0.29, 0.717) is 58.0 Å². The lowest BCUT2D eigenvalue weighted by molar-refractivity contribution is -0.140. The van der Waals surface area contributed by atoms with Gasteiger partial charge in [-0.1, -0.05) is 18.2 Å². The molecule has 254 valence electrons. The topological polar surface area (TPSA) is 159 Å². The highest BCUT2D eigenvalue weighted by Crippen LogP contribution is 2.23. The Balaban J connectivity index is 1.16. The van der Waals surface area contributed by atoms with Crippen LogP contribution in [0.2, 0.25) is 0 Å². The number of methoxy groups -OCH3 is 1. The molecule has 6 amide bonds. The van der Waals surface area contributed by atoms with E-state index in [0.717, 1.165) is 25.7 Å². The fourth-order valence-electron chi connectivity index (χ4n) is 5.81. The van der Waals surface area contributed by atoms with Crippen molar-refractivity contribution < 1.29 is 33.4 Å². The first kappa shape index (κ1) is 33.7. The zero-order valence-electron chi connectivity index (χ0n) is 27.1. The first-order valence-corrected chi connectivity index (χ1v) is 16.2. The number of nitrogens with zero attached hydrogens (tertiary/aromatic N) is 6. The van der Waals surface area contributed by atoms with Crippen LogP contribution in [0.4, 0.5) is 4.79 Å². The van der Waals surface area contributed by atoms with Crippen molar-refractivity contribution in [1.82, 2.24) is 40.0 Å². The summed E-state index contributed by atoms with van der Waals surface area (Å²) in [5, 5.41) is 10.1. The number of amides is 6. The molecule has 1 aliphatic carbocycles. The van der Waals surface area contributed by atoms with Crippen molar-refractivity contribution in [2.45, 2.75) is 44.2 Å². The third kappa shape index (κ3) is 8.39. The maximum atomic E-state index is 13.2. The highest BCUT2D eigenvalue weighted by molar-refractivity contribution is 5.95. The van der Waals surface area contributed by atoms with Gasteiger partial charge in [-0.15, -0.1) is 0 Å². The summed E-state index contributed by atoms with van der Waals surface area (Å²) in [6.45, 7) is 2.30. The molecule has 1 saturated carbocycles. The van der Waals surface area contributed by atoms with E-state index in [4.69, 9.17) is 9.47 Å². The number of aromatic nitrogens is 2. The van der Waals surface area contributed by atoms with Gasteiger partial charge < -0.3 is 39.7 Å². The molecule has 0 spiro atoms. The van der Waals surface area contributed by atoms with Crippen molar-refractivity contribution in [3.05, 3.63) is 42.1 Å². The summed E-state index contributed by atoms with van der Waals surface area (Å²) in [6.07, 6.45) is 4.38. The van der Waals surface area contributed by atoms with Crippen LogP contribution in [0.1, 0.15) is 42.6 Å². The molecule has 2 N–H and O–H groups in total. The van der Waals surface area contributed by atoms with Crippen LogP contribution in [0.5, 0.6) is 5.88 Å². The number of benzene rings is 1. The molecular weight excluding hydrogens is 608 g/mol. The molecular formula is C32H44N8O7. The largest absolute Gasteiger partial charge is 0.467 e. The van der Waals surface area contributed by atoms with E-state index < -0.39 is 11.9 Å². The quantitative estimate of drug-likeness (QED) is 0.335. The van der Waals surface area contributed by atoms with Crippen LogP contribution in [0, 0.1) is 0 Å². The molecule has 15 heteroatoms. The second kappa shape index (κ2) is 15.8. The van der Waals surface area contributed by atoms with Gasteiger partial charge in [0.15, 0.2) is 12.3 Å². The molecule has 1 atom stereocenters. The number of likely N-dealkylation sites (N-methyl/N-ethyl adjacent to an activating group) is 1. The number of ether oxygens (including phenoxy) is 2. The normalized spacial score (nSPS) is 18.0. The molecule has 0 bridgehead atoms. The van der Waals surface area contributed by atoms with Crippen molar-refractivity contribution in [3.63, 3.8) is 0 Å². The fourth-order valence-corrected chi connectivity index (χ4v) is 5.81. The Hall–Kier alpha value is -4.66. The summed E-state index contributed by atoms with van der Waals surface area (Å²) in [5.41, 5.74) is 0.627. The Morgan fingerprint density at radius 3 is 2.34 bits per heavy atom. The van der Waals surface area contributed by atoms with Crippen LogP contribution < -0.4 is 15.4 Å².